The Hall–Kier alpha value is -2.27. The number of anilines is 1. The van der Waals surface area contributed by atoms with Crippen molar-refractivity contribution in [1.29, 1.82) is 0 Å². The SMILES string of the molecule is Cc1ccccc1NC(=O)[C@H]1CS[C@@]2(c3ccccc3)CCC(=O)N12. The molecular weight excluding hydrogens is 332 g/mol. The predicted molar refractivity (Wildman–Crippen MR) is 100 cm³/mol. The zero-order valence-corrected chi connectivity index (χ0v) is 14.9. The number of rotatable bonds is 3. The third-order valence-corrected chi connectivity index (χ3v) is 6.65. The van der Waals surface area contributed by atoms with E-state index in [1.165, 1.54) is 0 Å². The molecule has 2 aromatic rings. The van der Waals surface area contributed by atoms with E-state index in [0.29, 0.717) is 12.2 Å². The van der Waals surface area contributed by atoms with Crippen molar-refractivity contribution in [1.82, 2.24) is 4.90 Å². The first-order valence-electron chi connectivity index (χ1n) is 8.50. The van der Waals surface area contributed by atoms with Crippen molar-refractivity contribution in [2.24, 2.45) is 0 Å². The number of aryl methyl sites for hydroxylation is 1. The number of para-hydroxylation sites is 1. The van der Waals surface area contributed by atoms with Gasteiger partial charge in [-0.2, -0.15) is 0 Å². The van der Waals surface area contributed by atoms with Crippen LogP contribution in [0.4, 0.5) is 5.69 Å². The van der Waals surface area contributed by atoms with Gasteiger partial charge in [0.1, 0.15) is 10.9 Å². The van der Waals surface area contributed by atoms with E-state index in [2.05, 4.69) is 17.4 Å². The van der Waals surface area contributed by atoms with Crippen LogP contribution in [0.25, 0.3) is 0 Å². The van der Waals surface area contributed by atoms with E-state index in [9.17, 15) is 9.59 Å². The van der Waals surface area contributed by atoms with Crippen molar-refractivity contribution in [2.75, 3.05) is 11.1 Å². The fourth-order valence-corrected chi connectivity index (χ4v) is 5.42. The molecule has 2 aliphatic heterocycles. The molecule has 2 saturated heterocycles. The maximum atomic E-state index is 12.9. The largest absolute Gasteiger partial charge is 0.324 e. The van der Waals surface area contributed by atoms with Crippen molar-refractivity contribution in [2.45, 2.75) is 30.7 Å². The molecule has 0 radical (unpaired) electrons. The Bertz CT molecular complexity index is 823. The first-order valence-corrected chi connectivity index (χ1v) is 9.48. The van der Waals surface area contributed by atoms with Gasteiger partial charge in [-0.15, -0.1) is 11.8 Å². The number of thioether (sulfide) groups is 1. The lowest BCUT2D eigenvalue weighted by Gasteiger charge is -2.34. The van der Waals surface area contributed by atoms with E-state index in [4.69, 9.17) is 0 Å². The smallest absolute Gasteiger partial charge is 0.248 e. The number of benzene rings is 2. The van der Waals surface area contributed by atoms with Gasteiger partial charge in [-0.1, -0.05) is 48.5 Å². The van der Waals surface area contributed by atoms with E-state index >= 15 is 0 Å². The van der Waals surface area contributed by atoms with E-state index in [0.717, 1.165) is 23.2 Å². The lowest BCUT2D eigenvalue weighted by Crippen LogP contribution is -2.48. The molecule has 2 amide bonds. The highest BCUT2D eigenvalue weighted by Gasteiger charge is 2.56. The summed E-state index contributed by atoms with van der Waals surface area (Å²) >= 11 is 1.71. The van der Waals surface area contributed by atoms with Crippen LogP contribution >= 0.6 is 11.8 Å². The monoisotopic (exact) mass is 352 g/mol. The van der Waals surface area contributed by atoms with E-state index in [-0.39, 0.29) is 11.8 Å². The molecule has 2 aliphatic rings. The number of nitrogens with one attached hydrogen (secondary N) is 1. The van der Waals surface area contributed by atoms with Gasteiger partial charge in [-0.25, -0.2) is 0 Å². The third-order valence-electron chi connectivity index (χ3n) is 5.06. The Morgan fingerprint density at radius 2 is 1.88 bits per heavy atom. The number of hydrogen-bond acceptors (Lipinski definition) is 3. The maximum absolute atomic E-state index is 12.9. The van der Waals surface area contributed by atoms with Crippen molar-refractivity contribution >= 4 is 29.3 Å². The molecule has 0 unspecified atom stereocenters. The van der Waals surface area contributed by atoms with Crippen molar-refractivity contribution in [3.63, 3.8) is 0 Å². The average molecular weight is 352 g/mol. The number of nitrogens with zero attached hydrogens (tertiary/aromatic N) is 1. The number of amides is 2. The fourth-order valence-electron chi connectivity index (χ4n) is 3.76. The van der Waals surface area contributed by atoms with Gasteiger partial charge in [0, 0.05) is 17.9 Å². The Kier molecular flexibility index (Phi) is 4.04. The quantitative estimate of drug-likeness (QED) is 0.919. The van der Waals surface area contributed by atoms with Gasteiger partial charge >= 0.3 is 0 Å². The molecule has 0 spiro atoms. The second-order valence-corrected chi connectivity index (χ2v) is 7.84. The summed E-state index contributed by atoms with van der Waals surface area (Å²) in [5, 5.41) is 3.01. The van der Waals surface area contributed by atoms with Gasteiger partial charge in [0.2, 0.25) is 11.8 Å². The highest BCUT2D eigenvalue weighted by atomic mass is 32.2. The third kappa shape index (κ3) is 2.63. The molecule has 2 heterocycles. The first kappa shape index (κ1) is 16.2. The van der Waals surface area contributed by atoms with Crippen molar-refractivity contribution < 1.29 is 9.59 Å². The highest BCUT2D eigenvalue weighted by molar-refractivity contribution is 8.00. The summed E-state index contributed by atoms with van der Waals surface area (Å²) < 4.78 is 0. The molecule has 0 bridgehead atoms. The van der Waals surface area contributed by atoms with Crippen LogP contribution in [-0.4, -0.2) is 28.5 Å². The number of carbonyl (C=O) groups is 2. The lowest BCUT2D eigenvalue weighted by molar-refractivity contribution is -0.136. The molecule has 0 aromatic heterocycles. The Morgan fingerprint density at radius 3 is 2.64 bits per heavy atom. The number of carbonyl (C=O) groups excluding carboxylic acids is 2. The Labute approximate surface area is 151 Å². The normalized spacial score (nSPS) is 25.1. The zero-order valence-electron chi connectivity index (χ0n) is 14.1. The Balaban J connectivity index is 1.63. The lowest BCUT2D eigenvalue weighted by atomic mass is 10.0. The van der Waals surface area contributed by atoms with Crippen LogP contribution in [0.1, 0.15) is 24.0 Å². The van der Waals surface area contributed by atoms with Crippen LogP contribution in [0.2, 0.25) is 0 Å². The van der Waals surface area contributed by atoms with Gasteiger partial charge in [-0.05, 0) is 30.5 Å². The van der Waals surface area contributed by atoms with E-state index in [1.807, 2.05) is 54.3 Å². The minimum Gasteiger partial charge on any atom is -0.324 e. The van der Waals surface area contributed by atoms with Crippen LogP contribution in [0.3, 0.4) is 0 Å². The van der Waals surface area contributed by atoms with Gasteiger partial charge in [-0.3, -0.25) is 9.59 Å². The van der Waals surface area contributed by atoms with Gasteiger partial charge in [0.25, 0.3) is 0 Å². The van der Waals surface area contributed by atoms with Crippen LogP contribution < -0.4 is 5.32 Å². The molecule has 5 heteroatoms. The molecule has 4 nitrogen and oxygen atoms in total. The van der Waals surface area contributed by atoms with Crippen LogP contribution in [-0.2, 0) is 14.5 Å². The van der Waals surface area contributed by atoms with Crippen LogP contribution in [0, 0.1) is 6.92 Å². The topological polar surface area (TPSA) is 49.4 Å². The number of fused-ring (bicyclic) bond motifs is 1. The molecule has 1 N–H and O–H groups in total. The minimum atomic E-state index is -0.431. The second kappa shape index (κ2) is 6.23. The summed E-state index contributed by atoms with van der Waals surface area (Å²) in [5.41, 5.74) is 2.93. The molecule has 0 saturated carbocycles. The van der Waals surface area contributed by atoms with Crippen LogP contribution in [0.5, 0.6) is 0 Å². The second-order valence-electron chi connectivity index (χ2n) is 6.55. The molecule has 2 atom stereocenters. The van der Waals surface area contributed by atoms with E-state index < -0.39 is 10.9 Å². The van der Waals surface area contributed by atoms with Gasteiger partial charge < -0.3 is 10.2 Å². The highest BCUT2D eigenvalue weighted by Crippen LogP contribution is 2.54. The zero-order chi connectivity index (χ0) is 17.4. The van der Waals surface area contributed by atoms with Crippen LogP contribution in [0.15, 0.2) is 54.6 Å². The summed E-state index contributed by atoms with van der Waals surface area (Å²) in [6.07, 6.45) is 1.25. The summed E-state index contributed by atoms with van der Waals surface area (Å²) in [6, 6.07) is 17.4. The molecule has 2 aromatic carbocycles. The minimum absolute atomic E-state index is 0.0683. The van der Waals surface area contributed by atoms with E-state index in [1.54, 1.807) is 11.8 Å². The molecule has 2 fully saturated rings. The molecule has 0 aliphatic carbocycles. The summed E-state index contributed by atoms with van der Waals surface area (Å²) in [5.74, 6) is 0.590. The first-order chi connectivity index (χ1) is 12.1. The standard InChI is InChI=1S/C20H20N2O2S/c1-14-7-5-6-10-16(14)21-19(24)17-13-25-20(12-11-18(23)22(17)20)15-8-3-2-4-9-15/h2-10,17H,11-13H2,1H3,(H,21,24)/t17-,20-/m1/s1. The van der Waals surface area contributed by atoms with Gasteiger partial charge in [0.15, 0.2) is 0 Å². The Morgan fingerprint density at radius 1 is 1.16 bits per heavy atom. The summed E-state index contributed by atoms with van der Waals surface area (Å²) in [4.78, 5) is 26.9. The molecule has 25 heavy (non-hydrogen) atoms. The average Bonchev–Trinajstić information content (AvgIpc) is 3.17. The predicted octanol–water partition coefficient (Wildman–Crippen LogP) is 3.52. The van der Waals surface area contributed by atoms with Crippen molar-refractivity contribution in [3.8, 4) is 0 Å². The fraction of sp³-hybridized carbons (Fsp3) is 0.300. The summed E-state index contributed by atoms with van der Waals surface area (Å²) in [7, 11) is 0. The summed E-state index contributed by atoms with van der Waals surface area (Å²) in [6.45, 7) is 1.97. The number of hydrogen-bond donors (Lipinski definition) is 1. The van der Waals surface area contributed by atoms with Crippen molar-refractivity contribution in [3.05, 3.63) is 65.7 Å². The molecule has 128 valence electrons. The molecular formula is C20H20N2O2S. The maximum Gasteiger partial charge on any atom is 0.248 e. The van der Waals surface area contributed by atoms with Gasteiger partial charge in [0.05, 0.1) is 0 Å². The molecule has 4 rings (SSSR count).